The molecule has 134 valence electrons. The first-order chi connectivity index (χ1) is 12.7. The molecule has 0 amide bonds. The summed E-state index contributed by atoms with van der Waals surface area (Å²) in [6, 6.07) is 12.7. The summed E-state index contributed by atoms with van der Waals surface area (Å²) in [5.74, 6) is -0.303. The van der Waals surface area contributed by atoms with Crippen molar-refractivity contribution in [2.75, 3.05) is 13.7 Å². The number of methoxy groups -OCH3 is 1. The molecule has 4 nitrogen and oxygen atoms in total. The Kier molecular flexibility index (Phi) is 4.74. The average molecular weight is 366 g/mol. The van der Waals surface area contributed by atoms with Crippen LogP contribution >= 0.6 is 11.3 Å². The van der Waals surface area contributed by atoms with Crippen LogP contribution in [0.4, 0.5) is 0 Å². The molecule has 3 aromatic rings. The summed E-state index contributed by atoms with van der Waals surface area (Å²) in [5.41, 5.74) is 3.31. The maximum Gasteiger partial charge on any atom is 0.340 e. The van der Waals surface area contributed by atoms with Crippen LogP contribution in [0.1, 0.15) is 45.4 Å². The summed E-state index contributed by atoms with van der Waals surface area (Å²) in [5, 5.41) is 3.14. The maximum atomic E-state index is 12.5. The molecule has 1 aliphatic rings. The molecule has 0 spiro atoms. The second-order valence-electron chi connectivity index (χ2n) is 6.71. The molecule has 0 saturated carbocycles. The first-order valence-electron chi connectivity index (χ1n) is 8.93. The predicted molar refractivity (Wildman–Crippen MR) is 105 cm³/mol. The van der Waals surface area contributed by atoms with Crippen LogP contribution in [0.3, 0.4) is 0 Å². The van der Waals surface area contributed by atoms with E-state index in [-0.39, 0.29) is 5.97 Å². The zero-order valence-electron chi connectivity index (χ0n) is 15.1. The Bertz CT molecular complexity index is 937. The largest absolute Gasteiger partial charge is 0.465 e. The molecule has 1 saturated heterocycles. The fourth-order valence-electron chi connectivity index (χ4n) is 3.94. The van der Waals surface area contributed by atoms with Crippen molar-refractivity contribution in [1.82, 2.24) is 9.88 Å². The van der Waals surface area contributed by atoms with Crippen LogP contribution in [0.5, 0.6) is 0 Å². The number of rotatable bonds is 4. The minimum absolute atomic E-state index is 0.303. The van der Waals surface area contributed by atoms with Gasteiger partial charge in [-0.2, -0.15) is 0 Å². The van der Waals surface area contributed by atoms with Gasteiger partial charge in [0.25, 0.3) is 0 Å². The molecule has 1 aliphatic heterocycles. The molecule has 3 heterocycles. The Morgan fingerprint density at radius 1 is 1.31 bits per heavy atom. The molecular formula is C21H22N2O2S. The summed E-state index contributed by atoms with van der Waals surface area (Å²) >= 11 is 1.80. The van der Waals surface area contributed by atoms with Gasteiger partial charge >= 0.3 is 5.97 Å². The molecule has 26 heavy (non-hydrogen) atoms. The van der Waals surface area contributed by atoms with Crippen molar-refractivity contribution < 1.29 is 9.53 Å². The molecule has 1 aromatic carbocycles. The maximum absolute atomic E-state index is 12.5. The number of aromatic nitrogens is 1. The summed E-state index contributed by atoms with van der Waals surface area (Å²) in [6.07, 6.45) is 2.32. The van der Waals surface area contributed by atoms with Gasteiger partial charge in [0.15, 0.2) is 0 Å². The van der Waals surface area contributed by atoms with E-state index < -0.39 is 0 Å². The topological polar surface area (TPSA) is 42.4 Å². The molecule has 0 aliphatic carbocycles. The fraction of sp³-hybridized carbons (Fsp3) is 0.333. The normalized spacial score (nSPS) is 17.7. The lowest BCUT2D eigenvalue weighted by molar-refractivity contribution is 0.0596. The lowest BCUT2D eigenvalue weighted by atomic mass is 10.0. The summed E-state index contributed by atoms with van der Waals surface area (Å²) in [7, 11) is 1.44. The van der Waals surface area contributed by atoms with Crippen LogP contribution in [-0.2, 0) is 11.3 Å². The van der Waals surface area contributed by atoms with Gasteiger partial charge in [0.1, 0.15) is 0 Å². The molecule has 0 unspecified atom stereocenters. The highest BCUT2D eigenvalue weighted by Crippen LogP contribution is 2.36. The van der Waals surface area contributed by atoms with Gasteiger partial charge in [-0.15, -0.1) is 11.3 Å². The van der Waals surface area contributed by atoms with Crippen molar-refractivity contribution in [3.8, 4) is 0 Å². The third kappa shape index (κ3) is 3.02. The predicted octanol–water partition coefficient (Wildman–Crippen LogP) is 4.73. The number of fused-ring (bicyclic) bond motifs is 1. The SMILES string of the molecule is COC(=O)c1c(CN2CCC[C@H]2c2cccs2)nc2ccccc2c1C. The van der Waals surface area contributed by atoms with Crippen molar-refractivity contribution in [2.24, 2.45) is 0 Å². The smallest absolute Gasteiger partial charge is 0.340 e. The number of carbonyl (C=O) groups excluding carboxylic acids is 1. The number of benzene rings is 1. The van der Waals surface area contributed by atoms with E-state index in [1.54, 1.807) is 11.3 Å². The van der Waals surface area contributed by atoms with E-state index in [0.29, 0.717) is 18.2 Å². The number of carbonyl (C=O) groups is 1. The highest BCUT2D eigenvalue weighted by Gasteiger charge is 2.29. The molecule has 5 heteroatoms. The number of thiophene rings is 1. The summed E-state index contributed by atoms with van der Waals surface area (Å²) < 4.78 is 5.07. The quantitative estimate of drug-likeness (QED) is 0.626. The van der Waals surface area contributed by atoms with Gasteiger partial charge in [0.05, 0.1) is 23.9 Å². The van der Waals surface area contributed by atoms with Gasteiger partial charge in [-0.05, 0) is 49.4 Å². The molecule has 4 rings (SSSR count). The lowest BCUT2D eigenvalue weighted by Crippen LogP contribution is -2.25. The summed E-state index contributed by atoms with van der Waals surface area (Å²) in [4.78, 5) is 21.2. The zero-order valence-corrected chi connectivity index (χ0v) is 15.9. The van der Waals surface area contributed by atoms with Crippen molar-refractivity contribution in [1.29, 1.82) is 0 Å². The van der Waals surface area contributed by atoms with Crippen molar-refractivity contribution in [2.45, 2.75) is 32.4 Å². The van der Waals surface area contributed by atoms with Gasteiger partial charge in [-0.25, -0.2) is 4.79 Å². The Labute approximate surface area is 157 Å². The molecule has 1 atom stereocenters. The number of aryl methyl sites for hydroxylation is 1. The highest BCUT2D eigenvalue weighted by molar-refractivity contribution is 7.10. The van der Waals surface area contributed by atoms with E-state index in [9.17, 15) is 4.79 Å². The first kappa shape index (κ1) is 17.2. The molecule has 0 bridgehead atoms. The molecular weight excluding hydrogens is 344 g/mol. The number of para-hydroxylation sites is 1. The molecule has 1 fully saturated rings. The van der Waals surface area contributed by atoms with E-state index in [4.69, 9.17) is 9.72 Å². The lowest BCUT2D eigenvalue weighted by Gasteiger charge is -2.24. The number of nitrogens with zero attached hydrogens (tertiary/aromatic N) is 2. The third-order valence-electron chi connectivity index (χ3n) is 5.20. The van der Waals surface area contributed by atoms with E-state index in [1.807, 2.05) is 31.2 Å². The van der Waals surface area contributed by atoms with E-state index in [2.05, 4.69) is 22.4 Å². The van der Waals surface area contributed by atoms with E-state index in [1.165, 1.54) is 18.4 Å². The Morgan fingerprint density at radius 2 is 2.15 bits per heavy atom. The van der Waals surface area contributed by atoms with Crippen molar-refractivity contribution in [3.05, 3.63) is 63.5 Å². The second-order valence-corrected chi connectivity index (χ2v) is 7.69. The van der Waals surface area contributed by atoms with Gasteiger partial charge < -0.3 is 4.74 Å². The Balaban J connectivity index is 1.76. The van der Waals surface area contributed by atoms with Gasteiger partial charge in [0, 0.05) is 22.8 Å². The first-order valence-corrected chi connectivity index (χ1v) is 9.81. The Hall–Kier alpha value is -2.24. The molecule has 0 radical (unpaired) electrons. The van der Waals surface area contributed by atoms with Crippen LogP contribution < -0.4 is 0 Å². The highest BCUT2D eigenvalue weighted by atomic mass is 32.1. The summed E-state index contributed by atoms with van der Waals surface area (Å²) in [6.45, 7) is 3.68. The minimum Gasteiger partial charge on any atom is -0.465 e. The van der Waals surface area contributed by atoms with Crippen molar-refractivity contribution in [3.63, 3.8) is 0 Å². The minimum atomic E-state index is -0.303. The van der Waals surface area contributed by atoms with Crippen LogP contribution in [0, 0.1) is 6.92 Å². The zero-order chi connectivity index (χ0) is 18.1. The van der Waals surface area contributed by atoms with Crippen LogP contribution in [0.15, 0.2) is 41.8 Å². The number of hydrogen-bond donors (Lipinski definition) is 0. The van der Waals surface area contributed by atoms with Gasteiger partial charge in [0.2, 0.25) is 0 Å². The standard InChI is InChI=1S/C21H22N2O2S/c1-14-15-7-3-4-8-16(15)22-17(20(14)21(24)25-2)13-23-11-5-9-18(23)19-10-6-12-26-19/h3-4,6-8,10,12,18H,5,9,11,13H2,1-2H3/t18-/m0/s1. The van der Waals surface area contributed by atoms with Crippen LogP contribution in [0.2, 0.25) is 0 Å². The van der Waals surface area contributed by atoms with E-state index in [0.717, 1.165) is 35.1 Å². The number of likely N-dealkylation sites (tertiary alicyclic amines) is 1. The number of ether oxygens (including phenoxy) is 1. The third-order valence-corrected chi connectivity index (χ3v) is 6.18. The monoisotopic (exact) mass is 366 g/mol. The average Bonchev–Trinajstić information content (AvgIpc) is 3.33. The second kappa shape index (κ2) is 7.17. The van der Waals surface area contributed by atoms with Gasteiger partial charge in [-0.3, -0.25) is 9.88 Å². The number of esters is 1. The van der Waals surface area contributed by atoms with Crippen molar-refractivity contribution >= 4 is 28.2 Å². The van der Waals surface area contributed by atoms with Crippen LogP contribution in [-0.4, -0.2) is 29.5 Å². The number of hydrogen-bond acceptors (Lipinski definition) is 5. The molecule has 0 N–H and O–H groups in total. The van der Waals surface area contributed by atoms with Crippen LogP contribution in [0.25, 0.3) is 10.9 Å². The fourth-order valence-corrected chi connectivity index (χ4v) is 4.83. The van der Waals surface area contributed by atoms with E-state index >= 15 is 0 Å². The van der Waals surface area contributed by atoms with Gasteiger partial charge in [-0.1, -0.05) is 24.3 Å². The molecule has 2 aromatic heterocycles. The number of pyridine rings is 1. The Morgan fingerprint density at radius 3 is 2.92 bits per heavy atom.